The van der Waals surface area contributed by atoms with E-state index >= 15 is 0 Å². The molecule has 0 saturated carbocycles. The van der Waals surface area contributed by atoms with Crippen LogP contribution in [0, 0.1) is 17.1 Å². The summed E-state index contributed by atoms with van der Waals surface area (Å²) in [6.45, 7) is 3.04. The fraction of sp³-hybridized carbons (Fsp3) is 0.269. The molecule has 0 unspecified atom stereocenters. The number of aliphatic hydroxyl groups excluding tert-OH is 1. The Bertz CT molecular complexity index is 1430. The van der Waals surface area contributed by atoms with Crippen molar-refractivity contribution in [2.24, 2.45) is 4.40 Å². The first-order chi connectivity index (χ1) is 17.1. The van der Waals surface area contributed by atoms with Gasteiger partial charge in [-0.1, -0.05) is 42.5 Å². The number of amidine groups is 1. The van der Waals surface area contributed by atoms with E-state index in [1.54, 1.807) is 74.6 Å². The van der Waals surface area contributed by atoms with Gasteiger partial charge in [0, 0.05) is 18.4 Å². The van der Waals surface area contributed by atoms with Gasteiger partial charge in [-0.15, -0.1) is 4.40 Å². The van der Waals surface area contributed by atoms with Crippen LogP contribution in [-0.2, 0) is 14.8 Å². The van der Waals surface area contributed by atoms with E-state index in [9.17, 15) is 17.9 Å². The Morgan fingerprint density at radius 1 is 1.17 bits per heavy atom. The van der Waals surface area contributed by atoms with Crippen molar-refractivity contribution in [3.05, 3.63) is 89.5 Å². The van der Waals surface area contributed by atoms with E-state index in [-0.39, 0.29) is 30.3 Å². The fourth-order valence-electron chi connectivity index (χ4n) is 4.34. The maximum Gasteiger partial charge on any atom is 0.301 e. The Balaban J connectivity index is 1.63. The molecular formula is C26H25FN4O4S. The van der Waals surface area contributed by atoms with E-state index < -0.39 is 32.7 Å². The summed E-state index contributed by atoms with van der Waals surface area (Å²) in [6, 6.07) is 17.4. The molecule has 1 aliphatic rings. The van der Waals surface area contributed by atoms with Crippen LogP contribution in [0.15, 0.2) is 71.3 Å². The molecule has 0 saturated heterocycles. The average Bonchev–Trinajstić information content (AvgIpc) is 2.83. The maximum atomic E-state index is 14.4. The van der Waals surface area contributed by atoms with Crippen LogP contribution in [0.2, 0.25) is 0 Å². The molecule has 4 rings (SSSR count). The van der Waals surface area contributed by atoms with Gasteiger partial charge in [0.25, 0.3) is 10.0 Å². The van der Waals surface area contributed by atoms with Gasteiger partial charge in [0.05, 0.1) is 6.04 Å². The van der Waals surface area contributed by atoms with Crippen LogP contribution in [0.5, 0.6) is 0 Å². The summed E-state index contributed by atoms with van der Waals surface area (Å²) in [7, 11) is -4.08. The lowest BCUT2D eigenvalue weighted by Gasteiger charge is -2.38. The zero-order valence-corrected chi connectivity index (χ0v) is 20.5. The summed E-state index contributed by atoms with van der Waals surface area (Å²) in [5, 5.41) is 20.3. The maximum absolute atomic E-state index is 14.4. The number of nitrogens with zero attached hydrogens (tertiary/aromatic N) is 3. The number of aromatic nitrogens is 1. The van der Waals surface area contributed by atoms with Crippen molar-refractivity contribution in [2.75, 3.05) is 6.61 Å². The molecular weight excluding hydrogens is 483 g/mol. The molecule has 0 bridgehead atoms. The van der Waals surface area contributed by atoms with E-state index in [4.69, 9.17) is 10.00 Å². The van der Waals surface area contributed by atoms with Gasteiger partial charge in [0.1, 0.15) is 28.4 Å². The summed E-state index contributed by atoms with van der Waals surface area (Å²) in [4.78, 5) is 3.96. The Morgan fingerprint density at radius 3 is 2.53 bits per heavy atom. The second-order valence-corrected chi connectivity index (χ2v) is 10.6. The lowest BCUT2D eigenvalue weighted by Crippen LogP contribution is -2.47. The van der Waals surface area contributed by atoms with Crippen molar-refractivity contribution < 1.29 is 22.7 Å². The lowest BCUT2D eigenvalue weighted by molar-refractivity contribution is 0.0759. The van der Waals surface area contributed by atoms with Crippen molar-refractivity contribution >= 4 is 16.0 Å². The third-order valence-corrected chi connectivity index (χ3v) is 7.77. The molecule has 2 N–H and O–H groups in total. The van der Waals surface area contributed by atoms with Crippen LogP contribution in [-0.4, -0.2) is 36.7 Å². The second kappa shape index (κ2) is 10.0. The summed E-state index contributed by atoms with van der Waals surface area (Å²) >= 11 is 0. The minimum Gasteiger partial charge on any atom is -0.457 e. The Hall–Kier alpha value is -3.81. The van der Waals surface area contributed by atoms with Crippen LogP contribution in [0.1, 0.15) is 48.4 Å². The van der Waals surface area contributed by atoms with Crippen molar-refractivity contribution in [1.29, 1.82) is 5.26 Å². The molecule has 1 aliphatic heterocycles. The molecule has 3 aromatic rings. The zero-order chi connectivity index (χ0) is 25.9. The predicted octanol–water partition coefficient (Wildman–Crippen LogP) is 4.01. The normalized spacial score (nSPS) is 18.9. The number of nitriles is 1. The number of aliphatic hydroxyl groups is 1. The highest BCUT2D eigenvalue weighted by molar-refractivity contribution is 7.90. The molecule has 0 radical (unpaired) electrons. The zero-order valence-electron chi connectivity index (χ0n) is 19.7. The van der Waals surface area contributed by atoms with E-state index in [2.05, 4.69) is 14.7 Å². The first kappa shape index (κ1) is 25.3. The van der Waals surface area contributed by atoms with Crippen LogP contribution in [0.3, 0.4) is 0 Å². The first-order valence-electron chi connectivity index (χ1n) is 11.3. The monoisotopic (exact) mass is 508 g/mol. The highest BCUT2D eigenvalue weighted by Gasteiger charge is 2.47. The van der Waals surface area contributed by atoms with E-state index in [1.165, 1.54) is 6.07 Å². The van der Waals surface area contributed by atoms with Gasteiger partial charge in [-0.2, -0.15) is 5.26 Å². The summed E-state index contributed by atoms with van der Waals surface area (Å²) in [5.74, 6) is -0.490. The molecule has 0 amide bonds. The number of benzene rings is 2. The minimum absolute atomic E-state index is 0.122. The number of rotatable bonds is 6. The van der Waals surface area contributed by atoms with Crippen molar-refractivity contribution in [3.63, 3.8) is 0 Å². The van der Waals surface area contributed by atoms with E-state index in [0.717, 1.165) is 11.1 Å². The molecule has 1 aromatic heterocycles. The van der Waals surface area contributed by atoms with Gasteiger partial charge in [0.15, 0.2) is 0 Å². The van der Waals surface area contributed by atoms with E-state index in [0.29, 0.717) is 5.56 Å². The Kier molecular flexibility index (Phi) is 7.06. The number of sulfonamides is 1. The van der Waals surface area contributed by atoms with Gasteiger partial charge < -0.3 is 15.2 Å². The number of hydrogen-bond acceptors (Lipinski definition) is 7. The first-order valence-corrected chi connectivity index (χ1v) is 12.8. The smallest absolute Gasteiger partial charge is 0.301 e. The van der Waals surface area contributed by atoms with Gasteiger partial charge in [0.2, 0.25) is 0 Å². The number of nitrogens with one attached hydrogen (secondary N) is 1. The Morgan fingerprint density at radius 2 is 1.89 bits per heavy atom. The quantitative estimate of drug-likeness (QED) is 0.515. The summed E-state index contributed by atoms with van der Waals surface area (Å²) < 4.78 is 50.8. The molecule has 0 fully saturated rings. The summed E-state index contributed by atoms with van der Waals surface area (Å²) in [5.41, 5.74) is 1.40. The molecule has 8 nitrogen and oxygen atoms in total. The predicted molar refractivity (Wildman–Crippen MR) is 133 cm³/mol. The fourth-order valence-corrected chi connectivity index (χ4v) is 6.03. The molecule has 186 valence electrons. The molecule has 2 aromatic carbocycles. The lowest BCUT2D eigenvalue weighted by atomic mass is 9.95. The third-order valence-electron chi connectivity index (χ3n) is 5.92. The van der Waals surface area contributed by atoms with Gasteiger partial charge in [-0.3, -0.25) is 0 Å². The van der Waals surface area contributed by atoms with Crippen molar-refractivity contribution in [2.45, 2.75) is 37.2 Å². The topological polar surface area (TPSA) is 125 Å². The molecule has 0 spiro atoms. The standard InChI is InChI=1S/C26H25FN4O4S/c1-26(2)24(18-9-7-17(8-10-18)19-11-13-29-20(15-19)16-28)36(33,34)31-25(35-26)30-23(12-14-32)21-5-3-4-6-22(21)27/h3-11,13,15,23-24,32H,12,14H2,1-2H3,(H,30,31)/t23-,24+/m0/s1. The largest absolute Gasteiger partial charge is 0.457 e. The summed E-state index contributed by atoms with van der Waals surface area (Å²) in [6.07, 6.45) is 1.66. The minimum atomic E-state index is -4.08. The number of pyridine rings is 1. The number of halogens is 1. The number of ether oxygens (including phenoxy) is 1. The molecule has 10 heteroatoms. The van der Waals surface area contributed by atoms with E-state index in [1.807, 2.05) is 6.07 Å². The molecule has 2 heterocycles. The molecule has 36 heavy (non-hydrogen) atoms. The molecule has 2 atom stereocenters. The van der Waals surface area contributed by atoms with Crippen LogP contribution in [0.4, 0.5) is 4.39 Å². The highest BCUT2D eigenvalue weighted by Crippen LogP contribution is 2.41. The van der Waals surface area contributed by atoms with Gasteiger partial charge >= 0.3 is 6.02 Å². The third kappa shape index (κ3) is 5.22. The number of hydrogen-bond donors (Lipinski definition) is 2. The van der Waals surface area contributed by atoms with Crippen molar-refractivity contribution in [1.82, 2.24) is 10.3 Å². The SMILES string of the molecule is CC1(C)OC(N[C@@H](CCO)c2ccccc2F)=NS(=O)(=O)[C@@H]1c1ccc(-c2ccnc(C#N)c2)cc1. The van der Waals surface area contributed by atoms with Gasteiger partial charge in [-0.05, 0) is 55.2 Å². The van der Waals surface area contributed by atoms with Crippen LogP contribution >= 0.6 is 0 Å². The highest BCUT2D eigenvalue weighted by atomic mass is 32.2. The second-order valence-electron chi connectivity index (χ2n) is 8.89. The van der Waals surface area contributed by atoms with Crippen LogP contribution in [0.25, 0.3) is 11.1 Å². The molecule has 0 aliphatic carbocycles. The van der Waals surface area contributed by atoms with Crippen molar-refractivity contribution in [3.8, 4) is 17.2 Å². The Labute approximate surface area is 209 Å². The van der Waals surface area contributed by atoms with Crippen LogP contribution < -0.4 is 5.32 Å². The van der Waals surface area contributed by atoms with Gasteiger partial charge in [-0.25, -0.2) is 17.8 Å². The average molecular weight is 509 g/mol.